The normalized spacial score (nSPS) is 10.8. The predicted octanol–water partition coefficient (Wildman–Crippen LogP) is 7.59. The van der Waals surface area contributed by atoms with Crippen LogP contribution in [0.2, 0.25) is 0 Å². The van der Waals surface area contributed by atoms with Crippen molar-refractivity contribution in [2.24, 2.45) is 0 Å². The molecule has 0 saturated heterocycles. The summed E-state index contributed by atoms with van der Waals surface area (Å²) in [5, 5.41) is 0. The number of benzene rings is 3. The largest absolute Gasteiger partial charge is 0.496 e. The Labute approximate surface area is 199 Å². The summed E-state index contributed by atoms with van der Waals surface area (Å²) in [6.07, 6.45) is 3.11. The molecule has 3 aromatic rings. The van der Waals surface area contributed by atoms with Crippen LogP contribution in [0.4, 0.5) is 22.7 Å². The fourth-order valence-electron chi connectivity index (χ4n) is 4.68. The van der Waals surface area contributed by atoms with Gasteiger partial charge >= 0.3 is 0 Å². The van der Waals surface area contributed by atoms with Crippen molar-refractivity contribution in [1.82, 2.24) is 0 Å². The summed E-state index contributed by atoms with van der Waals surface area (Å²) in [7, 11) is 5.62. The van der Waals surface area contributed by atoms with Crippen molar-refractivity contribution in [3.63, 3.8) is 0 Å². The Morgan fingerprint density at radius 3 is 1.82 bits per heavy atom. The van der Waals surface area contributed by atoms with Crippen LogP contribution in [-0.4, -0.2) is 27.8 Å². The summed E-state index contributed by atoms with van der Waals surface area (Å²) in [6, 6.07) is 19.2. The predicted molar refractivity (Wildman–Crippen MR) is 141 cm³/mol. The van der Waals surface area contributed by atoms with Crippen LogP contribution in [0.3, 0.4) is 0 Å². The molecular formula is C29H38N2O2. The van der Waals surface area contributed by atoms with Gasteiger partial charge in [-0.1, -0.05) is 38.5 Å². The number of ether oxygens (including phenoxy) is 2. The summed E-state index contributed by atoms with van der Waals surface area (Å²) in [5.41, 5.74) is 8.45. The van der Waals surface area contributed by atoms with Crippen molar-refractivity contribution < 1.29 is 9.47 Å². The highest BCUT2D eigenvalue weighted by Crippen LogP contribution is 2.40. The van der Waals surface area contributed by atoms with Gasteiger partial charge in [-0.05, 0) is 68.7 Å². The highest BCUT2D eigenvalue weighted by molar-refractivity contribution is 5.79. The number of methoxy groups -OCH3 is 2. The molecule has 176 valence electrons. The molecule has 4 heteroatoms. The Morgan fingerprint density at radius 1 is 0.667 bits per heavy atom. The molecule has 3 aromatic carbocycles. The maximum atomic E-state index is 5.74. The van der Waals surface area contributed by atoms with E-state index in [0.29, 0.717) is 0 Å². The van der Waals surface area contributed by atoms with Crippen LogP contribution < -0.4 is 19.3 Å². The van der Waals surface area contributed by atoms with E-state index in [1.807, 2.05) is 12.1 Å². The van der Waals surface area contributed by atoms with Crippen LogP contribution in [0, 0.1) is 13.8 Å². The molecule has 0 aliphatic heterocycles. The maximum absolute atomic E-state index is 5.74. The third-order valence-corrected chi connectivity index (χ3v) is 6.33. The van der Waals surface area contributed by atoms with Crippen LogP contribution in [0.25, 0.3) is 0 Å². The lowest BCUT2D eigenvalue weighted by Gasteiger charge is -2.32. The van der Waals surface area contributed by atoms with Gasteiger partial charge in [-0.3, -0.25) is 0 Å². The molecule has 0 spiro atoms. The second-order valence-corrected chi connectivity index (χ2v) is 8.44. The number of hydrogen-bond acceptors (Lipinski definition) is 4. The van der Waals surface area contributed by atoms with Crippen molar-refractivity contribution in [2.75, 3.05) is 37.6 Å². The van der Waals surface area contributed by atoms with Gasteiger partial charge in [0, 0.05) is 47.5 Å². The molecule has 0 aromatic heterocycles. The molecule has 4 nitrogen and oxygen atoms in total. The lowest BCUT2D eigenvalue weighted by molar-refractivity contribution is 0.409. The first-order chi connectivity index (χ1) is 16.0. The van der Waals surface area contributed by atoms with Crippen molar-refractivity contribution in [1.29, 1.82) is 0 Å². The minimum Gasteiger partial charge on any atom is -0.496 e. The van der Waals surface area contributed by atoms with E-state index < -0.39 is 0 Å². The monoisotopic (exact) mass is 446 g/mol. The molecule has 0 atom stereocenters. The smallest absolute Gasteiger partial charge is 0.124 e. The third kappa shape index (κ3) is 4.95. The van der Waals surface area contributed by atoms with E-state index in [4.69, 9.17) is 9.47 Å². The van der Waals surface area contributed by atoms with Gasteiger partial charge in [-0.15, -0.1) is 0 Å². The molecule has 0 saturated carbocycles. The van der Waals surface area contributed by atoms with Gasteiger partial charge in [-0.25, -0.2) is 0 Å². The quantitative estimate of drug-likeness (QED) is 0.320. The lowest BCUT2D eigenvalue weighted by atomic mass is 10.0. The maximum Gasteiger partial charge on any atom is 0.124 e. The van der Waals surface area contributed by atoms with Gasteiger partial charge in [0.2, 0.25) is 0 Å². The van der Waals surface area contributed by atoms with Crippen LogP contribution >= 0.6 is 0 Å². The Morgan fingerprint density at radius 2 is 1.21 bits per heavy atom. The molecule has 0 aliphatic rings. The van der Waals surface area contributed by atoms with E-state index in [0.717, 1.165) is 48.6 Å². The van der Waals surface area contributed by atoms with Gasteiger partial charge < -0.3 is 19.3 Å². The van der Waals surface area contributed by atoms with Gasteiger partial charge in [-0.2, -0.15) is 0 Å². The average Bonchev–Trinajstić information content (AvgIpc) is 2.83. The zero-order valence-corrected chi connectivity index (χ0v) is 21.2. The Balaban J connectivity index is 2.13. The molecule has 0 unspecified atom stereocenters. The molecular weight excluding hydrogens is 408 g/mol. The Bertz CT molecular complexity index is 1080. The van der Waals surface area contributed by atoms with Crippen LogP contribution in [-0.2, 0) is 6.42 Å². The van der Waals surface area contributed by atoms with Gasteiger partial charge in [0.1, 0.15) is 11.5 Å². The minimum atomic E-state index is 0.904. The zero-order valence-electron chi connectivity index (χ0n) is 21.2. The molecule has 3 rings (SSSR count). The van der Waals surface area contributed by atoms with Crippen LogP contribution in [0.5, 0.6) is 11.5 Å². The second kappa shape index (κ2) is 11.1. The molecule has 0 heterocycles. The fourth-order valence-corrected chi connectivity index (χ4v) is 4.68. The second-order valence-electron chi connectivity index (χ2n) is 8.44. The number of nitrogens with zero attached hydrogens (tertiary/aromatic N) is 2. The molecule has 0 bridgehead atoms. The van der Waals surface area contributed by atoms with Crippen LogP contribution in [0.1, 0.15) is 43.4 Å². The van der Waals surface area contributed by atoms with Crippen molar-refractivity contribution in [2.45, 2.75) is 47.0 Å². The van der Waals surface area contributed by atoms with E-state index in [9.17, 15) is 0 Å². The van der Waals surface area contributed by atoms with Gasteiger partial charge in [0.05, 0.1) is 14.2 Å². The lowest BCUT2D eigenvalue weighted by Crippen LogP contribution is -2.22. The highest BCUT2D eigenvalue weighted by Gasteiger charge is 2.20. The van der Waals surface area contributed by atoms with Gasteiger partial charge in [0.15, 0.2) is 0 Å². The summed E-state index contributed by atoms with van der Waals surface area (Å²) >= 11 is 0. The van der Waals surface area contributed by atoms with E-state index in [1.165, 1.54) is 28.2 Å². The highest BCUT2D eigenvalue weighted by atomic mass is 16.5. The zero-order chi connectivity index (χ0) is 24.0. The molecule has 0 amide bonds. The van der Waals surface area contributed by atoms with E-state index in [2.05, 4.69) is 87.0 Å². The molecule has 0 aliphatic carbocycles. The number of anilines is 4. The summed E-state index contributed by atoms with van der Waals surface area (Å²) in [6.45, 7) is 9.73. The molecule has 0 radical (unpaired) electrons. The Kier molecular flexibility index (Phi) is 8.26. The molecule has 0 fully saturated rings. The first kappa shape index (κ1) is 24.5. The Hall–Kier alpha value is -3.14. The first-order valence-electron chi connectivity index (χ1n) is 11.9. The van der Waals surface area contributed by atoms with Crippen molar-refractivity contribution in [3.8, 4) is 11.5 Å². The minimum absolute atomic E-state index is 0.904. The SMILES string of the molecule is CCCc1c(OC)cccc1N(CCC)c1cccc(N(C)c2cccc(OC)c2C)c1C. The summed E-state index contributed by atoms with van der Waals surface area (Å²) in [4.78, 5) is 4.72. The number of rotatable bonds is 10. The van der Waals surface area contributed by atoms with E-state index >= 15 is 0 Å². The van der Waals surface area contributed by atoms with Gasteiger partial charge in [0.25, 0.3) is 0 Å². The van der Waals surface area contributed by atoms with E-state index in [-0.39, 0.29) is 0 Å². The van der Waals surface area contributed by atoms with E-state index in [1.54, 1.807) is 14.2 Å². The van der Waals surface area contributed by atoms with Crippen molar-refractivity contribution >= 4 is 22.7 Å². The summed E-state index contributed by atoms with van der Waals surface area (Å²) < 4.78 is 11.3. The summed E-state index contributed by atoms with van der Waals surface area (Å²) in [5.74, 6) is 1.87. The standard InChI is InChI=1S/C29H38N2O2/c1-8-13-23-27(17-12-19-29(23)33-7)31(20-9-2)26-16-10-14-24(21(26)3)30(5)25-15-11-18-28(32-6)22(25)4/h10-12,14-19H,8-9,13,20H2,1-7H3. The average molecular weight is 447 g/mol. The van der Waals surface area contributed by atoms with Crippen LogP contribution in [0.15, 0.2) is 54.6 Å². The third-order valence-electron chi connectivity index (χ3n) is 6.33. The fraction of sp³-hybridized carbons (Fsp3) is 0.379. The molecule has 33 heavy (non-hydrogen) atoms. The molecule has 0 N–H and O–H groups in total. The number of hydrogen-bond donors (Lipinski definition) is 0. The van der Waals surface area contributed by atoms with Crippen molar-refractivity contribution in [3.05, 3.63) is 71.3 Å². The topological polar surface area (TPSA) is 24.9 Å². The first-order valence-corrected chi connectivity index (χ1v) is 11.9.